The predicted octanol–water partition coefficient (Wildman–Crippen LogP) is 3.56. The van der Waals surface area contributed by atoms with Gasteiger partial charge in [0, 0.05) is 4.57 Å². The van der Waals surface area contributed by atoms with Crippen molar-refractivity contribution in [1.29, 1.82) is 0 Å². The molecule has 0 spiro atoms. The second-order valence-corrected chi connectivity index (χ2v) is 5.12. The van der Waals surface area contributed by atoms with Gasteiger partial charge in [-0.1, -0.05) is 25.7 Å². The normalized spacial score (nSPS) is 24.6. The summed E-state index contributed by atoms with van der Waals surface area (Å²) in [7, 11) is -1.85. The van der Waals surface area contributed by atoms with Crippen LogP contribution in [0.1, 0.15) is 51.4 Å². The van der Waals surface area contributed by atoms with E-state index in [-0.39, 0.29) is 12.2 Å². The molecule has 0 amide bonds. The van der Waals surface area contributed by atoms with Crippen molar-refractivity contribution >= 4 is 8.25 Å². The summed E-state index contributed by atoms with van der Waals surface area (Å²) in [4.78, 5) is 0. The third-order valence-electron chi connectivity index (χ3n) is 3.07. The fourth-order valence-electron chi connectivity index (χ4n) is 2.26. The molecule has 14 heavy (non-hydrogen) atoms. The van der Waals surface area contributed by atoms with Crippen molar-refractivity contribution < 1.29 is 13.6 Å². The van der Waals surface area contributed by atoms with Crippen LogP contribution in [0.25, 0.3) is 0 Å². The Morgan fingerprint density at radius 2 is 1.14 bits per heavy atom. The van der Waals surface area contributed by atoms with Gasteiger partial charge in [-0.15, -0.1) is 9.05 Å². The van der Waals surface area contributed by atoms with Crippen molar-refractivity contribution in [3.05, 3.63) is 0 Å². The molecule has 0 aliphatic heterocycles. The van der Waals surface area contributed by atoms with Crippen molar-refractivity contribution in [3.8, 4) is 0 Å². The van der Waals surface area contributed by atoms with Crippen molar-refractivity contribution in [3.63, 3.8) is 0 Å². The fourth-order valence-corrected chi connectivity index (χ4v) is 3.21. The third kappa shape index (κ3) is 3.01. The van der Waals surface area contributed by atoms with E-state index in [9.17, 15) is 4.57 Å². The lowest BCUT2D eigenvalue weighted by Gasteiger charge is -2.01. The van der Waals surface area contributed by atoms with Crippen LogP contribution >= 0.6 is 8.25 Å². The predicted molar refractivity (Wildman–Crippen MR) is 54.3 cm³/mol. The average molecular weight is 217 g/mol. The summed E-state index contributed by atoms with van der Waals surface area (Å²) >= 11 is 0. The minimum Gasteiger partial charge on any atom is -0.116 e. The zero-order valence-electron chi connectivity index (χ0n) is 8.48. The van der Waals surface area contributed by atoms with Gasteiger partial charge in [-0.2, -0.15) is 0 Å². The molecule has 3 nitrogen and oxygen atoms in total. The Balaban J connectivity index is 1.66. The van der Waals surface area contributed by atoms with E-state index in [1.807, 2.05) is 0 Å². The fraction of sp³-hybridized carbons (Fsp3) is 1.00. The average Bonchev–Trinajstić information content (AvgIpc) is 2.76. The monoisotopic (exact) mass is 217 g/mol. The summed E-state index contributed by atoms with van der Waals surface area (Å²) in [6.07, 6.45) is 9.41. The van der Waals surface area contributed by atoms with E-state index >= 15 is 0 Å². The maximum absolute atomic E-state index is 11.5. The van der Waals surface area contributed by atoms with E-state index < -0.39 is 8.25 Å². The SMILES string of the molecule is O=[P+](OC1CCCC1)OC1CCCC1. The van der Waals surface area contributed by atoms with Crippen molar-refractivity contribution in [2.45, 2.75) is 63.6 Å². The topological polar surface area (TPSA) is 35.5 Å². The molecule has 0 radical (unpaired) electrons. The van der Waals surface area contributed by atoms with Gasteiger partial charge in [-0.25, -0.2) is 0 Å². The maximum atomic E-state index is 11.5. The Kier molecular flexibility index (Phi) is 3.91. The molecule has 2 aliphatic carbocycles. The van der Waals surface area contributed by atoms with Gasteiger partial charge in [-0.3, -0.25) is 0 Å². The first kappa shape index (κ1) is 10.5. The first-order chi connectivity index (χ1) is 6.84. The summed E-state index contributed by atoms with van der Waals surface area (Å²) in [5.41, 5.74) is 0. The molecule has 2 saturated carbocycles. The highest BCUT2D eigenvalue weighted by atomic mass is 31.1. The smallest absolute Gasteiger partial charge is 0.116 e. The zero-order chi connectivity index (χ0) is 9.80. The van der Waals surface area contributed by atoms with Crippen LogP contribution in [0.4, 0.5) is 0 Å². The van der Waals surface area contributed by atoms with Crippen LogP contribution in [0, 0.1) is 0 Å². The Labute approximate surface area is 86.1 Å². The van der Waals surface area contributed by atoms with Crippen LogP contribution in [0.15, 0.2) is 0 Å². The highest BCUT2D eigenvalue weighted by molar-refractivity contribution is 7.33. The molecule has 0 saturated heterocycles. The van der Waals surface area contributed by atoms with Gasteiger partial charge in [0.25, 0.3) is 0 Å². The quantitative estimate of drug-likeness (QED) is 0.675. The van der Waals surface area contributed by atoms with E-state index in [4.69, 9.17) is 9.05 Å². The second kappa shape index (κ2) is 5.20. The van der Waals surface area contributed by atoms with Crippen LogP contribution in [0.3, 0.4) is 0 Å². The van der Waals surface area contributed by atoms with Crippen LogP contribution < -0.4 is 0 Å². The van der Waals surface area contributed by atoms with E-state index in [0.29, 0.717) is 0 Å². The molecule has 0 unspecified atom stereocenters. The summed E-state index contributed by atoms with van der Waals surface area (Å²) < 4.78 is 22.2. The Morgan fingerprint density at radius 1 is 0.786 bits per heavy atom. The molecule has 0 aromatic rings. The van der Waals surface area contributed by atoms with Crippen LogP contribution in [-0.4, -0.2) is 12.2 Å². The minimum absolute atomic E-state index is 0.194. The van der Waals surface area contributed by atoms with Gasteiger partial charge in [0.2, 0.25) is 0 Å². The van der Waals surface area contributed by atoms with Crippen molar-refractivity contribution in [1.82, 2.24) is 0 Å². The van der Waals surface area contributed by atoms with E-state index in [1.54, 1.807) is 0 Å². The molecule has 0 aromatic heterocycles. The molecule has 4 heteroatoms. The number of hydrogen-bond acceptors (Lipinski definition) is 3. The van der Waals surface area contributed by atoms with Gasteiger partial charge >= 0.3 is 8.25 Å². The molecule has 0 N–H and O–H groups in total. The summed E-state index contributed by atoms with van der Waals surface area (Å²) in [5, 5.41) is 0. The van der Waals surface area contributed by atoms with Crippen LogP contribution in [0.2, 0.25) is 0 Å². The minimum atomic E-state index is -1.85. The summed E-state index contributed by atoms with van der Waals surface area (Å²) in [5.74, 6) is 0. The van der Waals surface area contributed by atoms with Gasteiger partial charge in [-0.05, 0) is 25.7 Å². The number of hydrogen-bond donors (Lipinski definition) is 0. The van der Waals surface area contributed by atoms with Crippen LogP contribution in [0.5, 0.6) is 0 Å². The lowest BCUT2D eigenvalue weighted by molar-refractivity contribution is 0.134. The Morgan fingerprint density at radius 3 is 1.50 bits per heavy atom. The number of rotatable bonds is 4. The van der Waals surface area contributed by atoms with Gasteiger partial charge in [0.05, 0.1) is 0 Å². The van der Waals surface area contributed by atoms with Crippen molar-refractivity contribution in [2.75, 3.05) is 0 Å². The molecule has 2 aliphatic rings. The third-order valence-corrected chi connectivity index (χ3v) is 4.02. The van der Waals surface area contributed by atoms with Gasteiger partial charge < -0.3 is 0 Å². The molecule has 0 aromatic carbocycles. The Hall–Kier alpha value is 0.0200. The molecule has 2 fully saturated rings. The first-order valence-corrected chi connectivity index (χ1v) is 6.75. The van der Waals surface area contributed by atoms with Crippen LogP contribution in [-0.2, 0) is 13.6 Å². The largest absolute Gasteiger partial charge is 0.697 e. The van der Waals surface area contributed by atoms with E-state index in [0.717, 1.165) is 25.7 Å². The summed E-state index contributed by atoms with van der Waals surface area (Å²) in [6.45, 7) is 0. The lowest BCUT2D eigenvalue weighted by Crippen LogP contribution is -2.06. The molecule has 0 bridgehead atoms. The first-order valence-electron chi connectivity index (χ1n) is 5.65. The standard InChI is InChI=1S/C10H18O3P/c11-14(12-9-5-1-2-6-9)13-10-7-3-4-8-10/h9-10H,1-8H2/q+1. The Bertz CT molecular complexity index is 176. The molecule has 0 atom stereocenters. The molecular formula is C10H18O3P+. The van der Waals surface area contributed by atoms with Gasteiger partial charge in [0.15, 0.2) is 0 Å². The second-order valence-electron chi connectivity index (χ2n) is 4.25. The highest BCUT2D eigenvalue weighted by Gasteiger charge is 2.33. The highest BCUT2D eigenvalue weighted by Crippen LogP contribution is 2.37. The van der Waals surface area contributed by atoms with E-state index in [2.05, 4.69) is 0 Å². The molecular weight excluding hydrogens is 199 g/mol. The van der Waals surface area contributed by atoms with E-state index in [1.165, 1.54) is 25.7 Å². The van der Waals surface area contributed by atoms with Crippen molar-refractivity contribution in [2.24, 2.45) is 0 Å². The zero-order valence-corrected chi connectivity index (χ0v) is 9.38. The lowest BCUT2D eigenvalue weighted by atomic mass is 10.3. The molecule has 80 valence electrons. The molecule has 2 rings (SSSR count). The maximum Gasteiger partial charge on any atom is 0.697 e. The summed E-state index contributed by atoms with van der Waals surface area (Å²) in [6, 6.07) is 0. The van der Waals surface area contributed by atoms with Gasteiger partial charge in [0.1, 0.15) is 12.2 Å². The molecule has 0 heterocycles.